The number of aliphatic carboxylic acids is 1. The number of Topliss-reactive ketones (excluding diaryl/α,β-unsaturated/α-hetero) is 1. The first-order valence-corrected chi connectivity index (χ1v) is 20.0. The Morgan fingerprint density at radius 1 is 0.817 bits per heavy atom. The third-order valence-electron chi connectivity index (χ3n) is 11.1. The monoisotopic (exact) mass is 873 g/mol. The van der Waals surface area contributed by atoms with Crippen LogP contribution in [-0.2, 0) is 9.59 Å². The van der Waals surface area contributed by atoms with Crippen molar-refractivity contribution >= 4 is 11.8 Å². The highest BCUT2D eigenvalue weighted by molar-refractivity contribution is 5.85. The van der Waals surface area contributed by atoms with Crippen LogP contribution in [0.15, 0.2) is 48.5 Å². The van der Waals surface area contributed by atoms with Crippen LogP contribution in [0.1, 0.15) is 119 Å². The third kappa shape index (κ3) is 16.8. The Morgan fingerprint density at radius 2 is 1.30 bits per heavy atom. The number of nitrogens with one attached hydrogen (secondary N) is 2. The van der Waals surface area contributed by atoms with Gasteiger partial charge in [0.1, 0.15) is 23.9 Å². The number of carbonyl (C=O) groups is 2. The van der Waals surface area contributed by atoms with Gasteiger partial charge < -0.3 is 28.0 Å². The molecule has 4 aliphatic rings. The number of benzene rings is 2. The molecule has 9 nitrogen and oxygen atoms in total. The minimum atomic E-state index is -4.77. The number of hydrogen-bond acceptors (Lipinski definition) is 7. The lowest BCUT2D eigenvalue weighted by atomic mass is 9.91. The number of rotatable bonds is 19. The second-order valence-electron chi connectivity index (χ2n) is 17.0. The number of nitrogens with zero attached hydrogens (tertiary/aromatic N) is 2. The van der Waals surface area contributed by atoms with E-state index in [0.29, 0.717) is 31.4 Å². The Bertz CT molecular complexity index is 1800. The Kier molecular flexibility index (Phi) is 17.4. The smallest absolute Gasteiger partial charge is 0.407 e. The predicted molar refractivity (Wildman–Crippen MR) is 204 cm³/mol. The van der Waals surface area contributed by atoms with Crippen LogP contribution in [0.5, 0.6) is 5.75 Å². The van der Waals surface area contributed by atoms with Gasteiger partial charge in [0, 0.05) is 51.0 Å². The zero-order valence-electron chi connectivity index (χ0n) is 34.1. The predicted octanol–water partition coefficient (Wildman–Crippen LogP) is 5.56. The first-order valence-electron chi connectivity index (χ1n) is 20.0. The summed E-state index contributed by atoms with van der Waals surface area (Å²) in [6.07, 6.45) is -1.48. The first-order chi connectivity index (χ1) is 27.5. The molecule has 0 heterocycles. The van der Waals surface area contributed by atoms with Crippen molar-refractivity contribution in [2.45, 2.75) is 145 Å². The molecule has 17 heteroatoms. The molecule has 0 amide bonds. The molecule has 4 aliphatic carbocycles. The maximum absolute atomic E-state index is 14.5. The molecule has 1 unspecified atom stereocenters. The number of hydrogen-bond donors (Lipinski definition) is 4. The van der Waals surface area contributed by atoms with Gasteiger partial charge in [-0.15, -0.1) is 0 Å². The van der Waals surface area contributed by atoms with Gasteiger partial charge in [0.2, 0.25) is 5.92 Å². The van der Waals surface area contributed by atoms with Crippen molar-refractivity contribution in [1.82, 2.24) is 10.6 Å². The molecule has 0 bridgehead atoms. The molecule has 2 aromatic rings. The van der Waals surface area contributed by atoms with Gasteiger partial charge in [0.25, 0.3) is 5.92 Å². The third-order valence-corrected chi connectivity index (χ3v) is 11.1. The Labute approximate surface area is 353 Å². The number of carboxylic acids is 1. The van der Waals surface area contributed by atoms with Crippen molar-refractivity contribution in [1.29, 1.82) is 10.5 Å². The molecule has 4 fully saturated rings. The van der Waals surface area contributed by atoms with E-state index in [0.717, 1.165) is 36.8 Å². The molecule has 60 heavy (non-hydrogen) atoms. The van der Waals surface area contributed by atoms with E-state index in [1.54, 1.807) is 45.2 Å². The standard InChI is InChI=1S/C22H25F5N2O.C17H23F2NO3.C4H6N2.ClH/c1-14-2-6-16(7-3-14)19(22(25,26)27)29-17(11-21(23,24)10-15-4-5-15)18(30)12-20(13-28)8-9-20;1-11(13-5-7-14(23-2)8-6-13)20-15(16(21)22)10-17(18,19)9-12-3-4-12;5-3-4(6)1-2-4;/h2-3,6-7,15,17,19,29H,4-5,8-12H2,1H3;5-8,11-12,15,20H,3-4,9-10H2,1-2H3,(H,21,22);1-2,6H2;1H/t17-,19-;11?,15-;;/m00../s1. The van der Waals surface area contributed by atoms with E-state index in [1.807, 2.05) is 6.07 Å². The van der Waals surface area contributed by atoms with Crippen molar-refractivity contribution < 1.29 is 68.3 Å². The fourth-order valence-corrected chi connectivity index (χ4v) is 6.56. The van der Waals surface area contributed by atoms with E-state index in [1.165, 1.54) is 24.3 Å². The molecule has 0 aromatic heterocycles. The van der Waals surface area contributed by atoms with E-state index in [-0.39, 0.29) is 54.2 Å². The van der Waals surface area contributed by atoms with Gasteiger partial charge in [-0.05, 0) is 87.5 Å². The molecule has 4 saturated carbocycles. The highest BCUT2D eigenvalue weighted by Gasteiger charge is 2.50. The number of carboxylic acid groups (broad SMARTS) is 1. The Balaban J connectivity index is 0.000000283. The summed E-state index contributed by atoms with van der Waals surface area (Å²) in [5.74, 6) is -7.60. The highest BCUT2D eigenvalue weighted by atomic mass is 35.5. The fraction of sp³-hybridized carbons (Fsp3) is 0.628. The largest absolute Gasteiger partial charge is 1.00 e. The number of quaternary nitrogens is 1. The lowest BCUT2D eigenvalue weighted by molar-refractivity contribution is -0.417. The summed E-state index contributed by atoms with van der Waals surface area (Å²) in [5.41, 5.74) is 4.01. The Hall–Kier alpha value is -3.96. The van der Waals surface area contributed by atoms with Crippen LogP contribution in [0.2, 0.25) is 0 Å². The lowest BCUT2D eigenvalue weighted by Crippen LogP contribution is -3.00. The lowest BCUT2D eigenvalue weighted by Gasteiger charge is -2.30. The van der Waals surface area contributed by atoms with E-state index in [4.69, 9.17) is 10.00 Å². The molecular formula is C43H55ClF7N5O4. The number of halogens is 8. The van der Waals surface area contributed by atoms with Crippen LogP contribution in [0.25, 0.3) is 0 Å². The van der Waals surface area contributed by atoms with E-state index in [9.17, 15) is 50.7 Å². The van der Waals surface area contributed by atoms with E-state index in [2.05, 4.69) is 22.4 Å². The van der Waals surface area contributed by atoms with Gasteiger partial charge in [-0.25, -0.2) is 17.6 Å². The molecule has 6 rings (SSSR count). The van der Waals surface area contributed by atoms with Gasteiger partial charge in [-0.3, -0.25) is 20.2 Å². The second kappa shape index (κ2) is 20.7. The number of carbonyl (C=O) groups excluding carboxylic acids is 1. The summed E-state index contributed by atoms with van der Waals surface area (Å²) in [6, 6.07) is 11.2. The van der Waals surface area contributed by atoms with E-state index < -0.39 is 72.6 Å². The minimum Gasteiger partial charge on any atom is -1.00 e. The topological polar surface area (TPSA) is 163 Å². The number of alkyl halides is 7. The number of aryl methyl sites for hydroxylation is 1. The fourth-order valence-electron chi connectivity index (χ4n) is 6.56. The van der Waals surface area contributed by atoms with Crippen LogP contribution in [0.4, 0.5) is 30.7 Å². The number of methoxy groups -OCH3 is 1. The summed E-state index contributed by atoms with van der Waals surface area (Å²) >= 11 is 0. The summed E-state index contributed by atoms with van der Waals surface area (Å²) in [6.45, 7) is 3.48. The van der Waals surface area contributed by atoms with Crippen LogP contribution < -0.4 is 33.5 Å². The maximum atomic E-state index is 14.5. The SMILES string of the molecule is COc1ccc(C(C)N[C@@H](CC(F)(F)CC2CC2)C(=O)O)cc1.Cc1ccc([C@H](N[C@@H](CC(F)(F)CC2CC2)C(=O)CC2(C#N)CC2)C(F)(F)F)cc1.N#CC1([NH3+])CC1.[Cl-]. The number of ether oxygens (including phenoxy) is 1. The molecule has 0 saturated heterocycles. The molecule has 4 atom stereocenters. The molecule has 332 valence electrons. The molecule has 2 aromatic carbocycles. The molecule has 0 radical (unpaired) electrons. The van der Waals surface area contributed by atoms with Crippen LogP contribution in [-0.4, -0.2) is 59.6 Å². The first kappa shape index (κ1) is 50.4. The number of ketones is 1. The van der Waals surface area contributed by atoms with Crippen LogP contribution in [0.3, 0.4) is 0 Å². The van der Waals surface area contributed by atoms with Crippen molar-refractivity contribution in [3.05, 3.63) is 65.2 Å². The van der Waals surface area contributed by atoms with Crippen molar-refractivity contribution in [3.63, 3.8) is 0 Å². The highest BCUT2D eigenvalue weighted by Crippen LogP contribution is 2.49. The molecule has 0 spiro atoms. The molecule has 0 aliphatic heterocycles. The average molecular weight is 874 g/mol. The molecule has 6 N–H and O–H groups in total. The quantitative estimate of drug-likeness (QED) is 0.134. The average Bonchev–Trinajstić information content (AvgIpc) is 3.93. The molecular weight excluding hydrogens is 819 g/mol. The zero-order chi connectivity index (χ0) is 43.8. The van der Waals surface area contributed by atoms with Gasteiger partial charge in [-0.1, -0.05) is 42.0 Å². The summed E-state index contributed by atoms with van der Waals surface area (Å²) in [7, 11) is 1.55. The van der Waals surface area contributed by atoms with Crippen molar-refractivity contribution in [3.8, 4) is 17.9 Å². The van der Waals surface area contributed by atoms with Gasteiger partial charge in [-0.2, -0.15) is 23.7 Å². The van der Waals surface area contributed by atoms with Gasteiger partial charge in [0.05, 0.1) is 24.6 Å². The van der Waals surface area contributed by atoms with Gasteiger partial charge >= 0.3 is 12.1 Å². The van der Waals surface area contributed by atoms with Crippen LogP contribution >= 0.6 is 0 Å². The van der Waals surface area contributed by atoms with Crippen LogP contribution in [0, 0.1) is 46.8 Å². The van der Waals surface area contributed by atoms with E-state index >= 15 is 0 Å². The summed E-state index contributed by atoms with van der Waals surface area (Å²) in [4.78, 5) is 24.1. The minimum absolute atomic E-state index is 0. The summed E-state index contributed by atoms with van der Waals surface area (Å²) in [5, 5.41) is 31.6. The zero-order valence-corrected chi connectivity index (χ0v) is 34.8. The second-order valence-corrected chi connectivity index (χ2v) is 17.0. The normalized spacial score (nSPS) is 19.4. The van der Waals surface area contributed by atoms with Crippen molar-refractivity contribution in [2.24, 2.45) is 17.3 Å². The van der Waals surface area contributed by atoms with Gasteiger partial charge in [0.15, 0.2) is 11.3 Å². The van der Waals surface area contributed by atoms with Crippen molar-refractivity contribution in [2.75, 3.05) is 7.11 Å². The summed E-state index contributed by atoms with van der Waals surface area (Å²) < 4.78 is 103. The maximum Gasteiger partial charge on any atom is 0.407 e. The number of nitriles is 2. The Morgan fingerprint density at radius 3 is 1.67 bits per heavy atom.